The monoisotopic (exact) mass is 232 g/mol. The highest BCUT2D eigenvalue weighted by atomic mass is 19.4. The van der Waals surface area contributed by atoms with Crippen LogP contribution in [0.1, 0.15) is 5.56 Å². The van der Waals surface area contributed by atoms with Crippen LogP contribution >= 0.6 is 0 Å². The fourth-order valence-corrected chi connectivity index (χ4v) is 1.15. The molecule has 88 valence electrons. The van der Waals surface area contributed by atoms with Gasteiger partial charge in [-0.2, -0.15) is 13.2 Å². The van der Waals surface area contributed by atoms with Crippen molar-refractivity contribution in [2.24, 2.45) is 0 Å². The van der Waals surface area contributed by atoms with E-state index in [9.17, 15) is 13.2 Å². The fraction of sp³-hybridized carbons (Fsp3) is 0.273. The average Bonchev–Trinajstić information content (AvgIpc) is 2.25. The van der Waals surface area contributed by atoms with Crippen LogP contribution in [-0.2, 0) is 0 Å². The molecule has 0 aliphatic rings. The van der Waals surface area contributed by atoms with E-state index in [4.69, 9.17) is 9.47 Å². The van der Waals surface area contributed by atoms with Gasteiger partial charge in [0.25, 0.3) is 0 Å². The van der Waals surface area contributed by atoms with Gasteiger partial charge >= 0.3 is 6.18 Å². The van der Waals surface area contributed by atoms with Crippen LogP contribution in [0.15, 0.2) is 24.3 Å². The summed E-state index contributed by atoms with van der Waals surface area (Å²) in [5.41, 5.74) is 0.398. The molecule has 0 radical (unpaired) electrons. The Labute approximate surface area is 91.3 Å². The van der Waals surface area contributed by atoms with Gasteiger partial charge in [-0.3, -0.25) is 0 Å². The molecule has 1 aromatic rings. The number of halogens is 3. The molecule has 1 aromatic carbocycles. The largest absolute Gasteiger partial charge is 0.493 e. The predicted octanol–water partition coefficient (Wildman–Crippen LogP) is 3.28. The molecule has 0 saturated carbocycles. The Balaban J connectivity index is 2.96. The van der Waals surface area contributed by atoms with Gasteiger partial charge in [-0.25, -0.2) is 0 Å². The van der Waals surface area contributed by atoms with Crippen molar-refractivity contribution < 1.29 is 22.6 Å². The maximum absolute atomic E-state index is 11.9. The number of methoxy groups -OCH3 is 2. The third-order valence-corrected chi connectivity index (χ3v) is 1.87. The average molecular weight is 232 g/mol. The first kappa shape index (κ1) is 12.4. The number of hydrogen-bond donors (Lipinski definition) is 0. The van der Waals surface area contributed by atoms with Crippen molar-refractivity contribution in [3.8, 4) is 11.5 Å². The van der Waals surface area contributed by atoms with Crippen molar-refractivity contribution in [1.29, 1.82) is 0 Å². The SMILES string of the molecule is COc1ccc(/C=C\C(F)(F)F)cc1OC. The smallest absolute Gasteiger partial charge is 0.409 e. The van der Waals surface area contributed by atoms with Crippen LogP contribution < -0.4 is 9.47 Å². The quantitative estimate of drug-likeness (QED) is 0.796. The zero-order chi connectivity index (χ0) is 12.2. The third-order valence-electron chi connectivity index (χ3n) is 1.87. The summed E-state index contributed by atoms with van der Waals surface area (Å²) in [6.07, 6.45) is -3.16. The van der Waals surface area contributed by atoms with Crippen LogP contribution in [0.25, 0.3) is 6.08 Å². The van der Waals surface area contributed by atoms with E-state index in [1.807, 2.05) is 0 Å². The molecule has 0 N–H and O–H groups in total. The zero-order valence-electron chi connectivity index (χ0n) is 8.84. The number of ether oxygens (including phenoxy) is 2. The lowest BCUT2D eigenvalue weighted by atomic mass is 10.2. The minimum absolute atomic E-state index is 0.175. The maximum Gasteiger partial charge on any atom is 0.409 e. The van der Waals surface area contributed by atoms with Crippen LogP contribution in [0.5, 0.6) is 11.5 Å². The van der Waals surface area contributed by atoms with Crippen molar-refractivity contribution in [3.63, 3.8) is 0 Å². The van der Waals surface area contributed by atoms with Crippen LogP contribution in [-0.4, -0.2) is 20.4 Å². The van der Waals surface area contributed by atoms with Gasteiger partial charge in [0.15, 0.2) is 11.5 Å². The normalized spacial score (nSPS) is 11.8. The zero-order valence-corrected chi connectivity index (χ0v) is 8.84. The molecule has 0 spiro atoms. The van der Waals surface area contributed by atoms with Crippen molar-refractivity contribution in [3.05, 3.63) is 29.8 Å². The Hall–Kier alpha value is -1.65. The summed E-state index contributed by atoms with van der Waals surface area (Å²) in [4.78, 5) is 0. The van der Waals surface area contributed by atoms with Crippen LogP contribution in [0.2, 0.25) is 0 Å². The number of allylic oxidation sites excluding steroid dienone is 1. The van der Waals surface area contributed by atoms with E-state index in [1.54, 1.807) is 6.07 Å². The highest BCUT2D eigenvalue weighted by Gasteiger charge is 2.21. The van der Waals surface area contributed by atoms with Gasteiger partial charge in [-0.05, 0) is 23.8 Å². The van der Waals surface area contributed by atoms with Gasteiger partial charge in [0.1, 0.15) is 0 Å². The first-order valence-corrected chi connectivity index (χ1v) is 4.44. The Morgan fingerprint density at radius 3 is 2.19 bits per heavy atom. The van der Waals surface area contributed by atoms with E-state index in [0.29, 0.717) is 17.1 Å². The van der Waals surface area contributed by atoms with Gasteiger partial charge in [0, 0.05) is 6.08 Å². The first-order chi connectivity index (χ1) is 7.46. The molecule has 0 atom stereocenters. The summed E-state index contributed by atoms with van der Waals surface area (Å²) < 4.78 is 45.7. The summed E-state index contributed by atoms with van der Waals surface area (Å²) in [5.74, 6) is 0.874. The molecule has 0 unspecified atom stereocenters. The van der Waals surface area contributed by atoms with E-state index < -0.39 is 6.18 Å². The summed E-state index contributed by atoms with van der Waals surface area (Å²) >= 11 is 0. The van der Waals surface area contributed by atoms with Crippen LogP contribution in [0.3, 0.4) is 0 Å². The lowest BCUT2D eigenvalue weighted by Crippen LogP contribution is -2.00. The highest BCUT2D eigenvalue weighted by Crippen LogP contribution is 2.28. The lowest BCUT2D eigenvalue weighted by molar-refractivity contribution is -0.0790. The number of hydrogen-bond acceptors (Lipinski definition) is 2. The van der Waals surface area contributed by atoms with Gasteiger partial charge in [-0.15, -0.1) is 0 Å². The molecule has 2 nitrogen and oxygen atoms in total. The molecular weight excluding hydrogens is 221 g/mol. The molecule has 0 saturated heterocycles. The van der Waals surface area contributed by atoms with Gasteiger partial charge in [0.2, 0.25) is 0 Å². The summed E-state index contributed by atoms with van der Waals surface area (Å²) in [7, 11) is 2.89. The van der Waals surface area contributed by atoms with Crippen molar-refractivity contribution in [1.82, 2.24) is 0 Å². The van der Waals surface area contributed by atoms with E-state index in [-0.39, 0.29) is 6.08 Å². The van der Waals surface area contributed by atoms with Crippen molar-refractivity contribution in [2.75, 3.05) is 14.2 Å². The minimum atomic E-state index is -4.31. The highest BCUT2D eigenvalue weighted by molar-refractivity contribution is 5.56. The number of benzene rings is 1. The number of rotatable bonds is 3. The molecule has 0 bridgehead atoms. The Morgan fingerprint density at radius 2 is 1.69 bits per heavy atom. The minimum Gasteiger partial charge on any atom is -0.493 e. The second-order valence-electron chi connectivity index (χ2n) is 2.99. The van der Waals surface area contributed by atoms with E-state index in [0.717, 1.165) is 6.08 Å². The van der Waals surface area contributed by atoms with E-state index >= 15 is 0 Å². The second kappa shape index (κ2) is 4.92. The predicted molar refractivity (Wildman–Crippen MR) is 54.6 cm³/mol. The van der Waals surface area contributed by atoms with Crippen molar-refractivity contribution >= 4 is 6.08 Å². The topological polar surface area (TPSA) is 18.5 Å². The summed E-state index contributed by atoms with van der Waals surface area (Å²) in [6.45, 7) is 0. The van der Waals surface area contributed by atoms with Crippen molar-refractivity contribution in [2.45, 2.75) is 6.18 Å². The standard InChI is InChI=1S/C11H11F3O2/c1-15-9-4-3-8(7-10(9)16-2)5-6-11(12,13)14/h3-7H,1-2H3/b6-5-. The lowest BCUT2D eigenvalue weighted by Gasteiger charge is -2.07. The molecule has 0 amide bonds. The number of alkyl halides is 3. The molecule has 0 heterocycles. The molecule has 5 heteroatoms. The molecular formula is C11H11F3O2. The molecule has 16 heavy (non-hydrogen) atoms. The summed E-state index contributed by atoms with van der Waals surface area (Å²) in [5, 5.41) is 0. The van der Waals surface area contributed by atoms with Gasteiger partial charge in [-0.1, -0.05) is 6.07 Å². The Morgan fingerprint density at radius 1 is 1.06 bits per heavy atom. The van der Waals surface area contributed by atoms with Crippen LogP contribution in [0.4, 0.5) is 13.2 Å². The van der Waals surface area contributed by atoms with E-state index in [2.05, 4.69) is 0 Å². The third kappa shape index (κ3) is 3.49. The van der Waals surface area contributed by atoms with Crippen LogP contribution in [0, 0.1) is 0 Å². The Kier molecular flexibility index (Phi) is 3.82. The van der Waals surface area contributed by atoms with E-state index in [1.165, 1.54) is 26.4 Å². The second-order valence-corrected chi connectivity index (χ2v) is 2.99. The molecule has 0 aliphatic heterocycles. The first-order valence-electron chi connectivity index (χ1n) is 4.44. The molecule has 0 aromatic heterocycles. The Bertz CT molecular complexity index is 383. The van der Waals surface area contributed by atoms with Gasteiger partial charge < -0.3 is 9.47 Å². The fourth-order valence-electron chi connectivity index (χ4n) is 1.15. The summed E-state index contributed by atoms with van der Waals surface area (Å²) in [6, 6.07) is 4.54. The molecule has 0 aliphatic carbocycles. The molecule has 1 rings (SSSR count). The maximum atomic E-state index is 11.9. The van der Waals surface area contributed by atoms with Gasteiger partial charge in [0.05, 0.1) is 14.2 Å². The molecule has 0 fully saturated rings.